The van der Waals surface area contributed by atoms with Crippen LogP contribution in [0.4, 0.5) is 11.4 Å². The molecule has 4 nitrogen and oxygen atoms in total. The number of likely N-dealkylation sites (N-methyl/N-ethyl adjacent to an activating group) is 1. The number of hydrogen-bond donors (Lipinski definition) is 2. The van der Waals surface area contributed by atoms with Crippen molar-refractivity contribution in [3.05, 3.63) is 24.3 Å². The van der Waals surface area contributed by atoms with Gasteiger partial charge in [0.2, 0.25) is 5.91 Å². The zero-order valence-corrected chi connectivity index (χ0v) is 12.1. The predicted molar refractivity (Wildman–Crippen MR) is 81.3 cm³/mol. The minimum Gasteiger partial charge on any atom is -0.397 e. The number of unbranched alkanes of at least 4 members (excludes halogenated alkanes) is 2. The fourth-order valence-electron chi connectivity index (χ4n) is 1.93. The second-order valence-corrected chi connectivity index (χ2v) is 4.84. The van der Waals surface area contributed by atoms with Crippen molar-refractivity contribution in [2.75, 3.05) is 24.2 Å². The van der Waals surface area contributed by atoms with Gasteiger partial charge in [-0.1, -0.05) is 31.9 Å². The number of carbonyl (C=O) groups excluding carboxylic acids is 1. The molecule has 0 fully saturated rings. The highest BCUT2D eigenvalue weighted by atomic mass is 16.2. The van der Waals surface area contributed by atoms with E-state index in [0.717, 1.165) is 31.5 Å². The fraction of sp³-hybridized carbons (Fsp3) is 0.533. The van der Waals surface area contributed by atoms with Gasteiger partial charge in [0.05, 0.1) is 11.4 Å². The zero-order valence-electron chi connectivity index (χ0n) is 12.1. The number of para-hydroxylation sites is 2. The largest absolute Gasteiger partial charge is 0.397 e. The first-order valence-electron chi connectivity index (χ1n) is 6.93. The lowest BCUT2D eigenvalue weighted by molar-refractivity contribution is -0.122. The summed E-state index contributed by atoms with van der Waals surface area (Å²) in [5.74, 6) is 0.0434. The lowest BCUT2D eigenvalue weighted by Crippen LogP contribution is -2.43. The summed E-state index contributed by atoms with van der Waals surface area (Å²) >= 11 is 0. The Hall–Kier alpha value is -1.71. The Bertz CT molecular complexity index is 406. The van der Waals surface area contributed by atoms with Crippen molar-refractivity contribution >= 4 is 17.3 Å². The normalized spacial score (nSPS) is 11.9. The van der Waals surface area contributed by atoms with Gasteiger partial charge in [0, 0.05) is 13.6 Å². The van der Waals surface area contributed by atoms with Gasteiger partial charge in [-0.2, -0.15) is 0 Å². The lowest BCUT2D eigenvalue weighted by atomic mass is 10.2. The lowest BCUT2D eigenvalue weighted by Gasteiger charge is -2.27. The zero-order chi connectivity index (χ0) is 14.3. The Labute approximate surface area is 116 Å². The van der Waals surface area contributed by atoms with Crippen LogP contribution in [0, 0.1) is 0 Å². The van der Waals surface area contributed by atoms with E-state index in [1.54, 1.807) is 0 Å². The van der Waals surface area contributed by atoms with Crippen LogP contribution >= 0.6 is 0 Å². The summed E-state index contributed by atoms with van der Waals surface area (Å²) in [6.45, 7) is 4.78. The Kier molecular flexibility index (Phi) is 6.19. The van der Waals surface area contributed by atoms with Gasteiger partial charge in [-0.25, -0.2) is 0 Å². The summed E-state index contributed by atoms with van der Waals surface area (Å²) in [7, 11) is 1.89. The van der Waals surface area contributed by atoms with Crippen molar-refractivity contribution in [3.63, 3.8) is 0 Å². The van der Waals surface area contributed by atoms with Gasteiger partial charge >= 0.3 is 0 Å². The third-order valence-electron chi connectivity index (χ3n) is 3.36. The first-order valence-corrected chi connectivity index (χ1v) is 6.93. The standard InChI is InChI=1S/C15H25N3O/c1-4-5-8-11-17-15(19)12(2)18(3)14-10-7-6-9-13(14)16/h6-7,9-10,12H,4-5,8,11,16H2,1-3H3,(H,17,19). The van der Waals surface area contributed by atoms with Gasteiger partial charge in [-0.3, -0.25) is 4.79 Å². The molecule has 0 bridgehead atoms. The summed E-state index contributed by atoms with van der Waals surface area (Å²) in [6.07, 6.45) is 3.34. The van der Waals surface area contributed by atoms with Crippen molar-refractivity contribution in [1.82, 2.24) is 5.32 Å². The van der Waals surface area contributed by atoms with E-state index in [1.165, 1.54) is 0 Å². The molecule has 0 saturated heterocycles. The maximum absolute atomic E-state index is 12.0. The van der Waals surface area contributed by atoms with Crippen molar-refractivity contribution in [3.8, 4) is 0 Å². The van der Waals surface area contributed by atoms with Crippen molar-refractivity contribution < 1.29 is 4.79 Å². The third kappa shape index (κ3) is 4.47. The first-order chi connectivity index (χ1) is 9.07. The van der Waals surface area contributed by atoms with Gasteiger partial charge in [0.25, 0.3) is 0 Å². The van der Waals surface area contributed by atoms with E-state index in [-0.39, 0.29) is 11.9 Å². The molecular weight excluding hydrogens is 238 g/mol. The second-order valence-electron chi connectivity index (χ2n) is 4.84. The van der Waals surface area contributed by atoms with Gasteiger partial charge in [0.15, 0.2) is 0 Å². The summed E-state index contributed by atoms with van der Waals surface area (Å²) < 4.78 is 0. The summed E-state index contributed by atoms with van der Waals surface area (Å²) in [5.41, 5.74) is 7.50. The first kappa shape index (κ1) is 15.3. The van der Waals surface area contributed by atoms with E-state index in [9.17, 15) is 4.79 Å². The molecule has 0 aliphatic carbocycles. The van der Waals surface area contributed by atoms with E-state index in [0.29, 0.717) is 5.69 Å². The average Bonchev–Trinajstić information content (AvgIpc) is 2.42. The van der Waals surface area contributed by atoms with E-state index < -0.39 is 0 Å². The van der Waals surface area contributed by atoms with Crippen molar-refractivity contribution in [1.29, 1.82) is 0 Å². The Morgan fingerprint density at radius 1 is 1.37 bits per heavy atom. The Morgan fingerprint density at radius 3 is 2.68 bits per heavy atom. The van der Waals surface area contributed by atoms with Crippen molar-refractivity contribution in [2.45, 2.75) is 39.2 Å². The number of nitrogens with two attached hydrogens (primary N) is 1. The minimum atomic E-state index is -0.230. The van der Waals surface area contributed by atoms with E-state index in [4.69, 9.17) is 5.73 Å². The molecule has 1 aromatic rings. The third-order valence-corrected chi connectivity index (χ3v) is 3.36. The molecule has 1 atom stereocenters. The summed E-state index contributed by atoms with van der Waals surface area (Å²) in [5, 5.41) is 2.97. The topological polar surface area (TPSA) is 58.4 Å². The molecular formula is C15H25N3O. The number of rotatable bonds is 7. The van der Waals surface area contributed by atoms with E-state index in [2.05, 4.69) is 12.2 Å². The smallest absolute Gasteiger partial charge is 0.242 e. The van der Waals surface area contributed by atoms with Crippen LogP contribution in [0.3, 0.4) is 0 Å². The van der Waals surface area contributed by atoms with Crippen LogP contribution in [0.2, 0.25) is 0 Å². The number of amides is 1. The highest BCUT2D eigenvalue weighted by Gasteiger charge is 2.19. The number of carbonyl (C=O) groups is 1. The molecule has 1 unspecified atom stereocenters. The monoisotopic (exact) mass is 263 g/mol. The molecule has 106 valence electrons. The van der Waals surface area contributed by atoms with E-state index in [1.807, 2.05) is 43.1 Å². The predicted octanol–water partition coefficient (Wildman–Crippen LogP) is 2.40. The molecule has 1 amide bonds. The molecule has 1 rings (SSSR count). The summed E-state index contributed by atoms with van der Waals surface area (Å²) in [4.78, 5) is 13.9. The minimum absolute atomic E-state index is 0.0434. The Balaban J connectivity index is 2.54. The number of nitrogens with zero attached hydrogens (tertiary/aromatic N) is 1. The maximum Gasteiger partial charge on any atom is 0.242 e. The second kappa shape index (κ2) is 7.67. The molecule has 0 aliphatic rings. The van der Waals surface area contributed by atoms with Gasteiger partial charge < -0.3 is 16.0 Å². The quantitative estimate of drug-likeness (QED) is 0.586. The van der Waals surface area contributed by atoms with E-state index >= 15 is 0 Å². The van der Waals surface area contributed by atoms with Crippen LogP contribution < -0.4 is 16.0 Å². The molecule has 0 saturated carbocycles. The highest BCUT2D eigenvalue weighted by molar-refractivity contribution is 5.86. The number of anilines is 2. The highest BCUT2D eigenvalue weighted by Crippen LogP contribution is 2.22. The summed E-state index contributed by atoms with van der Waals surface area (Å²) in [6, 6.07) is 7.36. The molecule has 19 heavy (non-hydrogen) atoms. The molecule has 0 heterocycles. The fourth-order valence-corrected chi connectivity index (χ4v) is 1.93. The number of hydrogen-bond acceptors (Lipinski definition) is 3. The number of nitrogens with one attached hydrogen (secondary N) is 1. The van der Waals surface area contributed by atoms with Crippen LogP contribution in [-0.2, 0) is 4.79 Å². The van der Waals surface area contributed by atoms with Crippen LogP contribution in [0.1, 0.15) is 33.1 Å². The molecule has 3 N–H and O–H groups in total. The molecule has 1 aromatic carbocycles. The van der Waals surface area contributed by atoms with Crippen LogP contribution in [0.15, 0.2) is 24.3 Å². The van der Waals surface area contributed by atoms with Gasteiger partial charge in [-0.15, -0.1) is 0 Å². The molecule has 0 aliphatic heterocycles. The Morgan fingerprint density at radius 2 is 2.05 bits per heavy atom. The van der Waals surface area contributed by atoms with Crippen LogP contribution in [0.25, 0.3) is 0 Å². The SMILES string of the molecule is CCCCCNC(=O)C(C)N(C)c1ccccc1N. The molecule has 0 radical (unpaired) electrons. The number of benzene rings is 1. The van der Waals surface area contributed by atoms with Crippen molar-refractivity contribution in [2.24, 2.45) is 0 Å². The van der Waals surface area contributed by atoms with Crippen LogP contribution in [0.5, 0.6) is 0 Å². The maximum atomic E-state index is 12.0. The van der Waals surface area contributed by atoms with Gasteiger partial charge in [0.1, 0.15) is 6.04 Å². The average molecular weight is 263 g/mol. The van der Waals surface area contributed by atoms with Gasteiger partial charge in [-0.05, 0) is 25.5 Å². The molecule has 0 aromatic heterocycles. The van der Waals surface area contributed by atoms with Crippen LogP contribution in [-0.4, -0.2) is 25.5 Å². The molecule has 4 heteroatoms. The molecule has 0 spiro atoms. The number of nitrogen functional groups attached to an aromatic ring is 1.